The lowest BCUT2D eigenvalue weighted by Gasteiger charge is -2.25. The quantitative estimate of drug-likeness (QED) is 0.896. The summed E-state index contributed by atoms with van der Waals surface area (Å²) >= 11 is 6.24. The zero-order valence-corrected chi connectivity index (χ0v) is 15.3. The third-order valence-corrected chi connectivity index (χ3v) is 5.00. The monoisotopic (exact) mass is 359 g/mol. The highest BCUT2D eigenvalue weighted by Gasteiger charge is 2.22. The van der Waals surface area contributed by atoms with Crippen LogP contribution in [-0.2, 0) is 0 Å². The van der Waals surface area contributed by atoms with Crippen molar-refractivity contribution in [2.75, 3.05) is 31.1 Å². The smallest absolute Gasteiger partial charge is 0.254 e. The molecule has 0 bridgehead atoms. The van der Waals surface area contributed by atoms with Gasteiger partial charge in [-0.1, -0.05) is 17.7 Å². The summed E-state index contributed by atoms with van der Waals surface area (Å²) in [5.74, 6) is -0.0844. The van der Waals surface area contributed by atoms with Crippen LogP contribution in [0, 0.1) is 13.8 Å². The van der Waals surface area contributed by atoms with Gasteiger partial charge in [0.25, 0.3) is 5.91 Å². The van der Waals surface area contributed by atoms with E-state index in [9.17, 15) is 9.59 Å². The number of halogens is 1. The molecule has 0 radical (unpaired) electrons. The molecule has 132 valence electrons. The first-order valence-corrected chi connectivity index (χ1v) is 8.84. The first-order valence-electron chi connectivity index (χ1n) is 8.46. The van der Waals surface area contributed by atoms with Gasteiger partial charge in [-0.3, -0.25) is 9.59 Å². The van der Waals surface area contributed by atoms with Gasteiger partial charge in [0.1, 0.15) is 0 Å². The van der Waals surface area contributed by atoms with E-state index in [4.69, 9.17) is 11.6 Å². The first-order chi connectivity index (χ1) is 12.0. The van der Waals surface area contributed by atoms with E-state index >= 15 is 0 Å². The number of hydrogen-bond acceptors (Lipinski definition) is 3. The van der Waals surface area contributed by atoms with Crippen LogP contribution >= 0.6 is 11.6 Å². The summed E-state index contributed by atoms with van der Waals surface area (Å²) in [7, 11) is 0. The van der Waals surface area contributed by atoms with Gasteiger partial charge in [-0.2, -0.15) is 0 Å². The molecule has 6 heteroatoms. The first kappa shape index (κ1) is 17.5. The number of anilines is 1. The highest BCUT2D eigenvalue weighted by Crippen LogP contribution is 2.27. The van der Waals surface area contributed by atoms with Gasteiger partial charge >= 0.3 is 0 Å². The Bertz CT molecular complexity index is 847. The molecule has 0 saturated carbocycles. The van der Waals surface area contributed by atoms with Gasteiger partial charge in [0.05, 0.1) is 0 Å². The maximum atomic E-state index is 12.8. The summed E-state index contributed by atoms with van der Waals surface area (Å²) in [4.78, 5) is 31.2. The lowest BCUT2D eigenvalue weighted by molar-refractivity contribution is 0.0766. The van der Waals surface area contributed by atoms with Gasteiger partial charge < -0.3 is 14.8 Å². The fourth-order valence-electron chi connectivity index (χ4n) is 3.29. The molecule has 2 heterocycles. The molecule has 2 aromatic rings. The standard InChI is InChI=1S/C19H22ClN3O2/c1-13-11-15(12-18(24)21-13)19(25)23-8-4-7-22(9-10-23)17-6-3-5-16(20)14(17)2/h3,5-6,11-12H,4,7-10H2,1-2H3,(H,21,24). The molecule has 1 fully saturated rings. The van der Waals surface area contributed by atoms with Crippen LogP contribution in [-0.4, -0.2) is 42.0 Å². The summed E-state index contributed by atoms with van der Waals surface area (Å²) in [6.07, 6.45) is 0.875. The molecule has 5 nitrogen and oxygen atoms in total. The van der Waals surface area contributed by atoms with E-state index < -0.39 is 0 Å². The Labute approximate surface area is 152 Å². The van der Waals surface area contributed by atoms with Crippen molar-refractivity contribution in [3.8, 4) is 0 Å². The number of carbonyl (C=O) groups excluding carboxylic acids is 1. The normalized spacial score (nSPS) is 15.2. The lowest BCUT2D eigenvalue weighted by Crippen LogP contribution is -2.35. The van der Waals surface area contributed by atoms with Crippen LogP contribution < -0.4 is 10.5 Å². The molecular formula is C19H22ClN3O2. The van der Waals surface area contributed by atoms with Crippen LogP contribution in [0.5, 0.6) is 0 Å². The fraction of sp³-hybridized carbons (Fsp3) is 0.368. The van der Waals surface area contributed by atoms with E-state index in [0.29, 0.717) is 24.3 Å². The van der Waals surface area contributed by atoms with Crippen LogP contribution in [0.3, 0.4) is 0 Å². The molecular weight excluding hydrogens is 338 g/mol. The Morgan fingerprint density at radius 1 is 1.12 bits per heavy atom. The van der Waals surface area contributed by atoms with Gasteiger partial charge in [0.2, 0.25) is 5.56 Å². The van der Waals surface area contributed by atoms with E-state index in [1.807, 2.05) is 24.0 Å². The molecule has 1 amide bonds. The number of rotatable bonds is 2. The summed E-state index contributed by atoms with van der Waals surface area (Å²) in [5, 5.41) is 0.758. The Kier molecular flexibility index (Phi) is 5.13. The van der Waals surface area contributed by atoms with E-state index in [-0.39, 0.29) is 11.5 Å². The number of amides is 1. The van der Waals surface area contributed by atoms with Crippen LogP contribution in [0.2, 0.25) is 5.02 Å². The van der Waals surface area contributed by atoms with Crippen LogP contribution in [0.15, 0.2) is 35.1 Å². The van der Waals surface area contributed by atoms with Crippen molar-refractivity contribution in [3.05, 3.63) is 62.5 Å². The number of hydrogen-bond donors (Lipinski definition) is 1. The average molecular weight is 360 g/mol. The number of aryl methyl sites for hydroxylation is 1. The van der Waals surface area contributed by atoms with E-state index in [1.165, 1.54) is 6.07 Å². The molecule has 1 N–H and O–H groups in total. The summed E-state index contributed by atoms with van der Waals surface area (Å²) in [6.45, 7) is 6.72. The van der Waals surface area contributed by atoms with Crippen molar-refractivity contribution in [2.24, 2.45) is 0 Å². The number of aromatic amines is 1. The number of aromatic nitrogens is 1. The molecule has 1 aromatic heterocycles. The van der Waals surface area contributed by atoms with Crippen LogP contribution in [0.25, 0.3) is 0 Å². The highest BCUT2D eigenvalue weighted by atomic mass is 35.5. The summed E-state index contributed by atoms with van der Waals surface area (Å²) in [5.41, 5.74) is 3.09. The SMILES string of the molecule is Cc1cc(C(=O)N2CCCN(c3cccc(Cl)c3C)CC2)cc(=O)[nH]1. The zero-order valence-electron chi connectivity index (χ0n) is 14.5. The van der Waals surface area contributed by atoms with Crippen molar-refractivity contribution in [2.45, 2.75) is 20.3 Å². The van der Waals surface area contributed by atoms with Gasteiger partial charge in [-0.05, 0) is 44.0 Å². The summed E-state index contributed by atoms with van der Waals surface area (Å²) in [6, 6.07) is 9.02. The van der Waals surface area contributed by atoms with E-state index in [0.717, 1.165) is 35.8 Å². The van der Waals surface area contributed by atoms with E-state index in [2.05, 4.69) is 16.0 Å². The van der Waals surface area contributed by atoms with Gasteiger partial charge in [-0.15, -0.1) is 0 Å². The largest absolute Gasteiger partial charge is 0.369 e. The van der Waals surface area contributed by atoms with Crippen molar-refractivity contribution in [3.63, 3.8) is 0 Å². The molecule has 1 aliphatic rings. The lowest BCUT2D eigenvalue weighted by atomic mass is 10.1. The molecule has 0 unspecified atom stereocenters. The van der Waals surface area contributed by atoms with Crippen molar-refractivity contribution in [1.82, 2.24) is 9.88 Å². The highest BCUT2D eigenvalue weighted by molar-refractivity contribution is 6.31. The van der Waals surface area contributed by atoms with Crippen molar-refractivity contribution in [1.29, 1.82) is 0 Å². The Balaban J connectivity index is 1.76. The second kappa shape index (κ2) is 7.31. The molecule has 0 aliphatic carbocycles. The Morgan fingerprint density at radius 3 is 2.68 bits per heavy atom. The predicted octanol–water partition coefficient (Wildman–Crippen LogP) is 3.00. The van der Waals surface area contributed by atoms with Crippen LogP contribution in [0.1, 0.15) is 28.0 Å². The van der Waals surface area contributed by atoms with E-state index in [1.54, 1.807) is 13.0 Å². The summed E-state index contributed by atoms with van der Waals surface area (Å²) < 4.78 is 0. The minimum Gasteiger partial charge on any atom is -0.369 e. The number of pyridine rings is 1. The van der Waals surface area contributed by atoms with Gasteiger partial charge in [0, 0.05) is 54.2 Å². The fourth-order valence-corrected chi connectivity index (χ4v) is 3.46. The second-order valence-electron chi connectivity index (χ2n) is 6.43. The van der Waals surface area contributed by atoms with Gasteiger partial charge in [-0.25, -0.2) is 0 Å². The number of H-pyrrole nitrogens is 1. The Morgan fingerprint density at radius 2 is 1.92 bits per heavy atom. The molecule has 0 spiro atoms. The maximum absolute atomic E-state index is 12.8. The molecule has 3 rings (SSSR count). The van der Waals surface area contributed by atoms with Gasteiger partial charge in [0.15, 0.2) is 0 Å². The minimum absolute atomic E-state index is 0.0844. The number of carbonyl (C=O) groups is 1. The molecule has 1 saturated heterocycles. The topological polar surface area (TPSA) is 56.4 Å². The third kappa shape index (κ3) is 3.87. The van der Waals surface area contributed by atoms with Crippen LogP contribution in [0.4, 0.5) is 5.69 Å². The third-order valence-electron chi connectivity index (χ3n) is 4.59. The molecule has 1 aliphatic heterocycles. The van der Waals surface area contributed by atoms with Crippen molar-refractivity contribution >= 4 is 23.2 Å². The molecule has 25 heavy (non-hydrogen) atoms. The minimum atomic E-state index is -0.241. The zero-order chi connectivity index (χ0) is 18.0. The Hall–Kier alpha value is -2.27. The maximum Gasteiger partial charge on any atom is 0.254 e. The second-order valence-corrected chi connectivity index (χ2v) is 6.84. The molecule has 0 atom stereocenters. The predicted molar refractivity (Wildman–Crippen MR) is 101 cm³/mol. The van der Waals surface area contributed by atoms with Crippen molar-refractivity contribution < 1.29 is 4.79 Å². The number of benzene rings is 1. The number of nitrogens with one attached hydrogen (secondary N) is 1. The molecule has 1 aromatic carbocycles. The number of nitrogens with zero attached hydrogens (tertiary/aromatic N) is 2. The average Bonchev–Trinajstić information content (AvgIpc) is 2.82.